The Morgan fingerprint density at radius 2 is 2.07 bits per heavy atom. The number of para-hydroxylation sites is 1. The van der Waals surface area contributed by atoms with Crippen LogP contribution in [0.4, 0.5) is 0 Å². The van der Waals surface area contributed by atoms with Crippen LogP contribution in [-0.4, -0.2) is 27.3 Å². The Labute approximate surface area is 90.4 Å². The summed E-state index contributed by atoms with van der Waals surface area (Å²) in [6, 6.07) is 8.06. The average Bonchev–Trinajstić information content (AvgIpc) is 2.79. The van der Waals surface area contributed by atoms with Crippen molar-refractivity contribution in [3.05, 3.63) is 29.8 Å². The Bertz CT molecular complexity index is 332. The van der Waals surface area contributed by atoms with Crippen molar-refractivity contribution in [3.8, 4) is 5.75 Å². The van der Waals surface area contributed by atoms with Crippen molar-refractivity contribution < 1.29 is 9.47 Å². The number of ether oxygens (including phenoxy) is 2. The van der Waals surface area contributed by atoms with Gasteiger partial charge in [-0.1, -0.05) is 18.2 Å². The number of hydrogen-bond donors (Lipinski definition) is 1. The van der Waals surface area contributed by atoms with E-state index in [4.69, 9.17) is 9.47 Å². The lowest BCUT2D eigenvalue weighted by molar-refractivity contribution is 0.00144. The van der Waals surface area contributed by atoms with Crippen molar-refractivity contribution in [1.82, 2.24) is 5.32 Å². The minimum absolute atomic E-state index is 0.216. The molecule has 0 saturated carbocycles. The molecule has 0 spiro atoms. The molecule has 1 unspecified atom stereocenters. The third-order valence-corrected chi connectivity index (χ3v) is 3.10. The molecule has 82 valence electrons. The second-order valence-electron chi connectivity index (χ2n) is 3.83. The van der Waals surface area contributed by atoms with Crippen molar-refractivity contribution in [1.29, 1.82) is 0 Å². The maximum absolute atomic E-state index is 5.68. The zero-order chi connectivity index (χ0) is 10.7. The summed E-state index contributed by atoms with van der Waals surface area (Å²) in [6.45, 7) is 1.84. The molecule has 1 aromatic carbocycles. The Kier molecular flexibility index (Phi) is 2.93. The molecule has 3 nitrogen and oxygen atoms in total. The molecule has 2 rings (SSSR count). The standard InChI is InChI=1S/C12H17NO2/c1-14-11-6-4-3-5-10(11)12(15-2)7-8-13-9-12/h3-6,13H,7-9H2,1-2H3. The normalized spacial score (nSPS) is 25.5. The Morgan fingerprint density at radius 3 is 2.67 bits per heavy atom. The predicted molar refractivity (Wildman–Crippen MR) is 59.2 cm³/mol. The van der Waals surface area contributed by atoms with Crippen LogP contribution in [0.3, 0.4) is 0 Å². The molecule has 1 fully saturated rings. The topological polar surface area (TPSA) is 30.5 Å². The SMILES string of the molecule is COc1ccccc1C1(OC)CCNC1. The third kappa shape index (κ3) is 1.73. The summed E-state index contributed by atoms with van der Waals surface area (Å²) in [5.74, 6) is 0.906. The summed E-state index contributed by atoms with van der Waals surface area (Å²) >= 11 is 0. The van der Waals surface area contributed by atoms with Gasteiger partial charge < -0.3 is 14.8 Å². The third-order valence-electron chi connectivity index (χ3n) is 3.10. The van der Waals surface area contributed by atoms with E-state index in [2.05, 4.69) is 11.4 Å². The number of nitrogens with one attached hydrogen (secondary N) is 1. The minimum Gasteiger partial charge on any atom is -0.496 e. The van der Waals surface area contributed by atoms with E-state index in [1.807, 2.05) is 18.2 Å². The van der Waals surface area contributed by atoms with Gasteiger partial charge in [0, 0.05) is 19.2 Å². The number of hydrogen-bond acceptors (Lipinski definition) is 3. The van der Waals surface area contributed by atoms with E-state index >= 15 is 0 Å². The van der Waals surface area contributed by atoms with Gasteiger partial charge in [0.25, 0.3) is 0 Å². The Hall–Kier alpha value is -1.06. The minimum atomic E-state index is -0.216. The summed E-state index contributed by atoms with van der Waals surface area (Å²) in [6.07, 6.45) is 0.990. The van der Waals surface area contributed by atoms with E-state index in [1.165, 1.54) is 0 Å². The van der Waals surface area contributed by atoms with Crippen molar-refractivity contribution in [2.75, 3.05) is 27.3 Å². The monoisotopic (exact) mass is 207 g/mol. The van der Waals surface area contributed by atoms with E-state index in [-0.39, 0.29) is 5.60 Å². The van der Waals surface area contributed by atoms with Gasteiger partial charge >= 0.3 is 0 Å². The second-order valence-corrected chi connectivity index (χ2v) is 3.83. The van der Waals surface area contributed by atoms with Gasteiger partial charge in [-0.3, -0.25) is 0 Å². The molecular weight excluding hydrogens is 190 g/mol. The first-order valence-electron chi connectivity index (χ1n) is 5.22. The molecule has 1 N–H and O–H groups in total. The Morgan fingerprint density at radius 1 is 1.27 bits per heavy atom. The van der Waals surface area contributed by atoms with E-state index < -0.39 is 0 Å². The Balaban J connectivity index is 2.41. The molecule has 1 aromatic rings. The lowest BCUT2D eigenvalue weighted by Crippen LogP contribution is -2.31. The van der Waals surface area contributed by atoms with Gasteiger partial charge in [0.05, 0.1) is 7.11 Å². The van der Waals surface area contributed by atoms with Crippen molar-refractivity contribution in [3.63, 3.8) is 0 Å². The lowest BCUT2D eigenvalue weighted by Gasteiger charge is -2.28. The predicted octanol–water partition coefficient (Wildman–Crippen LogP) is 1.53. The molecule has 0 amide bonds. The lowest BCUT2D eigenvalue weighted by atomic mass is 9.92. The maximum Gasteiger partial charge on any atom is 0.125 e. The molecule has 0 radical (unpaired) electrons. The maximum atomic E-state index is 5.68. The van der Waals surface area contributed by atoms with E-state index in [1.54, 1.807) is 14.2 Å². The highest BCUT2D eigenvalue weighted by molar-refractivity contribution is 5.39. The fraction of sp³-hybridized carbons (Fsp3) is 0.500. The number of rotatable bonds is 3. The first kappa shape index (κ1) is 10.5. The summed E-state index contributed by atoms with van der Waals surface area (Å²) in [7, 11) is 3.46. The van der Waals surface area contributed by atoms with Gasteiger partial charge in [-0.05, 0) is 19.0 Å². The molecule has 1 heterocycles. The molecule has 1 aliphatic heterocycles. The van der Waals surface area contributed by atoms with Crippen LogP contribution in [0.5, 0.6) is 5.75 Å². The molecular formula is C12H17NO2. The summed E-state index contributed by atoms with van der Waals surface area (Å²) in [5, 5.41) is 3.33. The fourth-order valence-electron chi connectivity index (χ4n) is 2.20. The van der Waals surface area contributed by atoms with Crippen LogP contribution >= 0.6 is 0 Å². The summed E-state index contributed by atoms with van der Waals surface area (Å²) < 4.78 is 11.1. The van der Waals surface area contributed by atoms with Crippen molar-refractivity contribution >= 4 is 0 Å². The van der Waals surface area contributed by atoms with Crippen LogP contribution in [-0.2, 0) is 10.3 Å². The summed E-state index contributed by atoms with van der Waals surface area (Å²) in [4.78, 5) is 0. The molecule has 3 heteroatoms. The quantitative estimate of drug-likeness (QED) is 0.815. The highest BCUT2D eigenvalue weighted by Gasteiger charge is 2.37. The van der Waals surface area contributed by atoms with E-state index in [9.17, 15) is 0 Å². The summed E-state index contributed by atoms with van der Waals surface area (Å²) in [5.41, 5.74) is 0.923. The number of methoxy groups -OCH3 is 2. The average molecular weight is 207 g/mol. The number of benzene rings is 1. The van der Waals surface area contributed by atoms with Crippen LogP contribution in [0, 0.1) is 0 Å². The highest BCUT2D eigenvalue weighted by atomic mass is 16.5. The zero-order valence-corrected chi connectivity index (χ0v) is 9.25. The largest absolute Gasteiger partial charge is 0.496 e. The highest BCUT2D eigenvalue weighted by Crippen LogP contribution is 2.36. The van der Waals surface area contributed by atoms with Crippen LogP contribution in [0.15, 0.2) is 24.3 Å². The molecule has 1 atom stereocenters. The van der Waals surface area contributed by atoms with Crippen LogP contribution < -0.4 is 10.1 Å². The van der Waals surface area contributed by atoms with E-state index in [0.29, 0.717) is 0 Å². The van der Waals surface area contributed by atoms with Crippen molar-refractivity contribution in [2.24, 2.45) is 0 Å². The molecule has 1 saturated heterocycles. The van der Waals surface area contributed by atoms with Gasteiger partial charge in [-0.15, -0.1) is 0 Å². The van der Waals surface area contributed by atoms with Gasteiger partial charge in [-0.25, -0.2) is 0 Å². The second kappa shape index (κ2) is 4.21. The van der Waals surface area contributed by atoms with Crippen LogP contribution in [0.1, 0.15) is 12.0 Å². The zero-order valence-electron chi connectivity index (χ0n) is 9.25. The van der Waals surface area contributed by atoms with Gasteiger partial charge in [0.15, 0.2) is 0 Å². The fourth-order valence-corrected chi connectivity index (χ4v) is 2.20. The first-order chi connectivity index (χ1) is 7.32. The molecule has 0 aromatic heterocycles. The van der Waals surface area contributed by atoms with Gasteiger partial charge in [0.2, 0.25) is 0 Å². The smallest absolute Gasteiger partial charge is 0.125 e. The van der Waals surface area contributed by atoms with Gasteiger partial charge in [0.1, 0.15) is 11.4 Å². The molecule has 0 aliphatic carbocycles. The molecule has 0 bridgehead atoms. The van der Waals surface area contributed by atoms with E-state index in [0.717, 1.165) is 30.8 Å². The van der Waals surface area contributed by atoms with Crippen LogP contribution in [0.2, 0.25) is 0 Å². The van der Waals surface area contributed by atoms with Crippen molar-refractivity contribution in [2.45, 2.75) is 12.0 Å². The van der Waals surface area contributed by atoms with Gasteiger partial charge in [-0.2, -0.15) is 0 Å². The molecule has 1 aliphatic rings. The first-order valence-corrected chi connectivity index (χ1v) is 5.22. The molecule has 15 heavy (non-hydrogen) atoms. The van der Waals surface area contributed by atoms with Crippen LogP contribution in [0.25, 0.3) is 0 Å².